The molecular formula is C22H22ClN5O. The van der Waals surface area contributed by atoms with Crippen LogP contribution in [0.25, 0.3) is 10.9 Å². The predicted molar refractivity (Wildman–Crippen MR) is 114 cm³/mol. The Morgan fingerprint density at radius 3 is 3.03 bits per heavy atom. The SMILES string of the molecule is C=CCN1CC(C(=O)Nc2ccc(Cl)nn2)C[C@@H]2c3cccc4[nH]cc(c34)C[C@H]21. The Kier molecular flexibility index (Phi) is 4.60. The molecule has 3 atom stereocenters. The highest BCUT2D eigenvalue weighted by Gasteiger charge is 2.42. The predicted octanol–water partition coefficient (Wildman–Crippen LogP) is 3.77. The Bertz CT molecular complexity index is 1080. The normalized spacial score (nSPS) is 23.6. The van der Waals surface area contributed by atoms with Crippen molar-refractivity contribution in [3.05, 3.63) is 65.5 Å². The lowest BCUT2D eigenvalue weighted by Crippen LogP contribution is -2.52. The second-order valence-electron chi connectivity index (χ2n) is 7.87. The highest BCUT2D eigenvalue weighted by Crippen LogP contribution is 2.44. The number of carbonyl (C=O) groups is 1. The highest BCUT2D eigenvalue weighted by molar-refractivity contribution is 6.29. The summed E-state index contributed by atoms with van der Waals surface area (Å²) in [5, 5.41) is 12.3. The van der Waals surface area contributed by atoms with E-state index in [0.717, 1.165) is 19.4 Å². The van der Waals surface area contributed by atoms with Gasteiger partial charge in [-0.3, -0.25) is 9.69 Å². The molecule has 2 aliphatic rings. The van der Waals surface area contributed by atoms with Gasteiger partial charge in [0.25, 0.3) is 0 Å². The third kappa shape index (κ3) is 3.22. The van der Waals surface area contributed by atoms with Crippen molar-refractivity contribution in [3.8, 4) is 0 Å². The van der Waals surface area contributed by atoms with E-state index in [4.69, 9.17) is 11.6 Å². The number of aromatic amines is 1. The molecule has 7 heteroatoms. The van der Waals surface area contributed by atoms with Crippen LogP contribution in [0.4, 0.5) is 5.82 Å². The van der Waals surface area contributed by atoms with Crippen LogP contribution in [0.15, 0.2) is 49.2 Å². The molecule has 3 heterocycles. The monoisotopic (exact) mass is 407 g/mol. The zero-order chi connectivity index (χ0) is 20.0. The summed E-state index contributed by atoms with van der Waals surface area (Å²) in [5.41, 5.74) is 3.88. The van der Waals surface area contributed by atoms with Gasteiger partial charge in [-0.15, -0.1) is 16.8 Å². The molecule has 0 spiro atoms. The molecular weight excluding hydrogens is 386 g/mol. The fourth-order valence-corrected chi connectivity index (χ4v) is 5.08. The summed E-state index contributed by atoms with van der Waals surface area (Å²) in [6.45, 7) is 5.40. The van der Waals surface area contributed by atoms with Gasteiger partial charge in [0, 0.05) is 42.1 Å². The topological polar surface area (TPSA) is 73.9 Å². The van der Waals surface area contributed by atoms with E-state index in [1.807, 2.05) is 6.08 Å². The number of anilines is 1. The van der Waals surface area contributed by atoms with Gasteiger partial charge in [-0.05, 0) is 42.2 Å². The van der Waals surface area contributed by atoms with Gasteiger partial charge < -0.3 is 10.3 Å². The first-order valence-electron chi connectivity index (χ1n) is 9.88. The smallest absolute Gasteiger partial charge is 0.230 e. The molecule has 1 fully saturated rings. The minimum absolute atomic E-state index is 0.0267. The lowest BCUT2D eigenvalue weighted by atomic mass is 9.72. The molecule has 2 aromatic heterocycles. The molecule has 1 aromatic carbocycles. The molecule has 148 valence electrons. The number of rotatable bonds is 4. The van der Waals surface area contributed by atoms with Gasteiger partial charge in [-0.25, -0.2) is 0 Å². The summed E-state index contributed by atoms with van der Waals surface area (Å²) in [7, 11) is 0. The number of fused-ring (bicyclic) bond motifs is 2. The molecule has 0 radical (unpaired) electrons. The molecule has 6 nitrogen and oxygen atoms in total. The minimum Gasteiger partial charge on any atom is -0.361 e. The second-order valence-corrected chi connectivity index (χ2v) is 8.25. The molecule has 1 aliphatic heterocycles. The molecule has 2 N–H and O–H groups in total. The number of aromatic nitrogens is 3. The highest BCUT2D eigenvalue weighted by atomic mass is 35.5. The first-order chi connectivity index (χ1) is 14.1. The van der Waals surface area contributed by atoms with Gasteiger partial charge in [-0.1, -0.05) is 29.8 Å². The van der Waals surface area contributed by atoms with E-state index in [-0.39, 0.29) is 11.8 Å². The number of hydrogen-bond donors (Lipinski definition) is 2. The zero-order valence-electron chi connectivity index (χ0n) is 15.9. The van der Waals surface area contributed by atoms with Crippen molar-refractivity contribution >= 4 is 34.2 Å². The Hall–Kier alpha value is -2.70. The molecule has 5 rings (SSSR count). The quantitative estimate of drug-likeness (QED) is 0.646. The Balaban J connectivity index is 1.45. The van der Waals surface area contributed by atoms with Gasteiger partial charge in [-0.2, -0.15) is 0 Å². The average Bonchev–Trinajstić information content (AvgIpc) is 3.15. The van der Waals surface area contributed by atoms with Crippen LogP contribution >= 0.6 is 11.6 Å². The molecule has 3 aromatic rings. The maximum atomic E-state index is 13.0. The number of nitrogens with zero attached hydrogens (tertiary/aromatic N) is 3. The van der Waals surface area contributed by atoms with E-state index in [1.54, 1.807) is 12.1 Å². The lowest BCUT2D eigenvalue weighted by molar-refractivity contribution is -0.122. The van der Waals surface area contributed by atoms with Crippen LogP contribution in [0.1, 0.15) is 23.5 Å². The second kappa shape index (κ2) is 7.28. The largest absolute Gasteiger partial charge is 0.361 e. The molecule has 0 saturated carbocycles. The van der Waals surface area contributed by atoms with Crippen molar-refractivity contribution in [1.82, 2.24) is 20.1 Å². The van der Waals surface area contributed by atoms with E-state index in [2.05, 4.69) is 56.4 Å². The van der Waals surface area contributed by atoms with Crippen molar-refractivity contribution in [2.75, 3.05) is 18.4 Å². The van der Waals surface area contributed by atoms with E-state index < -0.39 is 0 Å². The maximum absolute atomic E-state index is 13.0. The maximum Gasteiger partial charge on any atom is 0.230 e. The van der Waals surface area contributed by atoms with E-state index >= 15 is 0 Å². The van der Waals surface area contributed by atoms with Crippen molar-refractivity contribution in [2.24, 2.45) is 5.92 Å². The summed E-state index contributed by atoms with van der Waals surface area (Å²) in [6.07, 6.45) is 5.87. The molecule has 0 bridgehead atoms. The van der Waals surface area contributed by atoms with Crippen molar-refractivity contribution in [1.29, 1.82) is 0 Å². The third-order valence-corrected chi connectivity index (χ3v) is 6.39. The van der Waals surface area contributed by atoms with E-state index in [1.165, 1.54) is 22.0 Å². The van der Waals surface area contributed by atoms with Crippen LogP contribution in [-0.2, 0) is 11.2 Å². The number of carbonyl (C=O) groups excluding carboxylic acids is 1. The first kappa shape index (κ1) is 18.3. The van der Waals surface area contributed by atoms with Crippen LogP contribution in [0, 0.1) is 5.92 Å². The number of amides is 1. The summed E-state index contributed by atoms with van der Waals surface area (Å²) >= 11 is 5.79. The minimum atomic E-state index is -0.135. The van der Waals surface area contributed by atoms with Gasteiger partial charge in [0.2, 0.25) is 5.91 Å². The molecule has 1 aliphatic carbocycles. The number of piperidine rings is 1. The number of nitrogens with one attached hydrogen (secondary N) is 2. The molecule has 1 amide bonds. The van der Waals surface area contributed by atoms with Crippen molar-refractivity contribution in [3.63, 3.8) is 0 Å². The number of halogens is 1. The number of H-pyrrole nitrogens is 1. The summed E-state index contributed by atoms with van der Waals surface area (Å²) in [6, 6.07) is 10.1. The van der Waals surface area contributed by atoms with E-state index in [9.17, 15) is 4.79 Å². The van der Waals surface area contributed by atoms with Gasteiger partial charge >= 0.3 is 0 Å². The first-order valence-corrected chi connectivity index (χ1v) is 10.3. The summed E-state index contributed by atoms with van der Waals surface area (Å²) in [4.78, 5) is 18.8. The van der Waals surface area contributed by atoms with Gasteiger partial charge in [0.1, 0.15) is 0 Å². The fraction of sp³-hybridized carbons (Fsp3) is 0.318. The Labute approximate surface area is 174 Å². The Morgan fingerprint density at radius 1 is 1.34 bits per heavy atom. The fourth-order valence-electron chi connectivity index (χ4n) is 4.97. The third-order valence-electron chi connectivity index (χ3n) is 6.19. The van der Waals surface area contributed by atoms with Crippen LogP contribution in [0.2, 0.25) is 5.15 Å². The molecule has 1 unspecified atom stereocenters. The van der Waals surface area contributed by atoms with Crippen molar-refractivity contribution in [2.45, 2.75) is 24.8 Å². The number of likely N-dealkylation sites (tertiary alicyclic amines) is 1. The van der Waals surface area contributed by atoms with Crippen LogP contribution < -0.4 is 5.32 Å². The number of benzene rings is 1. The number of hydrogen-bond acceptors (Lipinski definition) is 4. The van der Waals surface area contributed by atoms with Crippen LogP contribution in [0.3, 0.4) is 0 Å². The lowest BCUT2D eigenvalue weighted by Gasteiger charge is -2.46. The van der Waals surface area contributed by atoms with Crippen LogP contribution in [0.5, 0.6) is 0 Å². The summed E-state index contributed by atoms with van der Waals surface area (Å²) < 4.78 is 0. The Morgan fingerprint density at radius 2 is 2.24 bits per heavy atom. The zero-order valence-corrected chi connectivity index (χ0v) is 16.7. The van der Waals surface area contributed by atoms with Gasteiger partial charge in [0.15, 0.2) is 11.0 Å². The van der Waals surface area contributed by atoms with Gasteiger partial charge in [0.05, 0.1) is 5.92 Å². The molecule has 1 saturated heterocycles. The van der Waals surface area contributed by atoms with Crippen LogP contribution in [-0.4, -0.2) is 45.1 Å². The van der Waals surface area contributed by atoms with E-state index in [0.29, 0.717) is 29.5 Å². The molecule has 29 heavy (non-hydrogen) atoms. The van der Waals surface area contributed by atoms with Crippen molar-refractivity contribution < 1.29 is 4.79 Å². The standard InChI is InChI=1S/C22H22ClN5O/c1-2-8-28-12-14(22(29)25-20-7-6-19(23)26-27-20)9-16-15-4-3-5-17-21(15)13(11-24-17)10-18(16)28/h2-7,11,14,16,18,24H,1,8-10,12H2,(H,25,27,29)/t14?,16-,18-/m1/s1. The summed E-state index contributed by atoms with van der Waals surface area (Å²) in [5.74, 6) is 0.573. The average molecular weight is 408 g/mol.